The normalized spacial score (nSPS) is 24.9. The molecule has 0 spiro atoms. The van der Waals surface area contributed by atoms with Crippen molar-refractivity contribution in [1.29, 1.82) is 0 Å². The van der Waals surface area contributed by atoms with Crippen molar-refractivity contribution >= 4 is 11.8 Å². The summed E-state index contributed by atoms with van der Waals surface area (Å²) in [6.07, 6.45) is 5.71. The summed E-state index contributed by atoms with van der Waals surface area (Å²) >= 11 is 0. The second-order valence-corrected chi connectivity index (χ2v) is 8.20. The van der Waals surface area contributed by atoms with E-state index >= 15 is 0 Å². The van der Waals surface area contributed by atoms with Crippen molar-refractivity contribution < 1.29 is 19.1 Å². The summed E-state index contributed by atoms with van der Waals surface area (Å²) in [5.74, 6) is 2.13. The minimum Gasteiger partial charge on any atom is -0.497 e. The number of ether oxygens (including phenoxy) is 2. The molecule has 0 aromatic heterocycles. The predicted octanol–water partition coefficient (Wildman–Crippen LogP) is 3.02. The smallest absolute Gasteiger partial charge is 0.227 e. The van der Waals surface area contributed by atoms with E-state index in [1.807, 2.05) is 28.0 Å². The molecular weight excluding hydrogens is 356 g/mol. The lowest BCUT2D eigenvalue weighted by Crippen LogP contribution is -2.47. The Morgan fingerprint density at radius 2 is 1.71 bits per heavy atom. The second-order valence-electron chi connectivity index (χ2n) is 8.20. The van der Waals surface area contributed by atoms with Gasteiger partial charge in [-0.3, -0.25) is 9.59 Å². The lowest BCUT2D eigenvalue weighted by Gasteiger charge is -2.36. The molecule has 3 aliphatic rings. The Kier molecular flexibility index (Phi) is 5.47. The summed E-state index contributed by atoms with van der Waals surface area (Å²) in [6, 6.07) is 5.78. The number of hydrogen-bond acceptors (Lipinski definition) is 4. The van der Waals surface area contributed by atoms with E-state index in [1.165, 1.54) is 0 Å². The highest BCUT2D eigenvalue weighted by Gasteiger charge is 2.40. The first-order valence-corrected chi connectivity index (χ1v) is 10.4. The van der Waals surface area contributed by atoms with Gasteiger partial charge in [-0.25, -0.2) is 0 Å². The number of piperidine rings is 1. The van der Waals surface area contributed by atoms with E-state index in [1.54, 1.807) is 14.2 Å². The van der Waals surface area contributed by atoms with Gasteiger partial charge in [0.25, 0.3) is 0 Å². The molecule has 2 saturated heterocycles. The van der Waals surface area contributed by atoms with Gasteiger partial charge in [0.15, 0.2) is 0 Å². The Bertz CT molecular complexity index is 746. The van der Waals surface area contributed by atoms with Crippen LogP contribution in [0.15, 0.2) is 18.2 Å². The molecule has 1 aromatic carbocycles. The molecule has 6 nitrogen and oxygen atoms in total. The molecular formula is C22H30N2O4. The zero-order chi connectivity index (χ0) is 19.7. The van der Waals surface area contributed by atoms with Crippen LogP contribution >= 0.6 is 0 Å². The largest absolute Gasteiger partial charge is 0.497 e. The van der Waals surface area contributed by atoms with E-state index < -0.39 is 0 Å². The molecule has 152 valence electrons. The summed E-state index contributed by atoms with van der Waals surface area (Å²) < 4.78 is 11.0. The molecule has 0 radical (unpaired) electrons. The number of hydrogen-bond donors (Lipinski definition) is 0. The van der Waals surface area contributed by atoms with Crippen LogP contribution in [0.4, 0.5) is 0 Å². The van der Waals surface area contributed by atoms with Crippen LogP contribution in [0, 0.1) is 11.8 Å². The van der Waals surface area contributed by atoms with Crippen molar-refractivity contribution in [1.82, 2.24) is 9.80 Å². The lowest BCUT2D eigenvalue weighted by atomic mass is 9.94. The highest BCUT2D eigenvalue weighted by Crippen LogP contribution is 2.40. The topological polar surface area (TPSA) is 59.1 Å². The molecule has 2 aliphatic heterocycles. The van der Waals surface area contributed by atoms with Crippen LogP contribution in [-0.2, 0) is 9.59 Å². The first-order valence-electron chi connectivity index (χ1n) is 10.4. The zero-order valence-electron chi connectivity index (χ0n) is 16.9. The van der Waals surface area contributed by atoms with E-state index in [9.17, 15) is 9.59 Å². The van der Waals surface area contributed by atoms with Crippen molar-refractivity contribution in [3.05, 3.63) is 23.8 Å². The van der Waals surface area contributed by atoms with E-state index in [0.717, 1.165) is 68.7 Å². The van der Waals surface area contributed by atoms with Crippen molar-refractivity contribution in [2.24, 2.45) is 11.8 Å². The van der Waals surface area contributed by atoms with Crippen LogP contribution in [0.3, 0.4) is 0 Å². The molecule has 0 bridgehead atoms. The Morgan fingerprint density at radius 3 is 2.43 bits per heavy atom. The molecule has 2 amide bonds. The van der Waals surface area contributed by atoms with Gasteiger partial charge >= 0.3 is 0 Å². The summed E-state index contributed by atoms with van der Waals surface area (Å²) in [5, 5.41) is 0. The Morgan fingerprint density at radius 1 is 0.929 bits per heavy atom. The molecule has 2 atom stereocenters. The molecule has 4 rings (SSSR count). The van der Waals surface area contributed by atoms with Crippen LogP contribution in [0.2, 0.25) is 0 Å². The monoisotopic (exact) mass is 386 g/mol. The van der Waals surface area contributed by atoms with Gasteiger partial charge in [0.2, 0.25) is 11.8 Å². The van der Waals surface area contributed by atoms with Gasteiger partial charge < -0.3 is 19.3 Å². The average molecular weight is 386 g/mol. The maximum atomic E-state index is 13.4. The first-order chi connectivity index (χ1) is 13.6. The van der Waals surface area contributed by atoms with E-state index in [4.69, 9.17) is 9.47 Å². The van der Waals surface area contributed by atoms with Crippen molar-refractivity contribution in [3.63, 3.8) is 0 Å². The van der Waals surface area contributed by atoms with Crippen LogP contribution < -0.4 is 9.47 Å². The fourth-order valence-corrected chi connectivity index (χ4v) is 4.66. The number of amides is 2. The molecule has 6 heteroatoms. The molecule has 1 saturated carbocycles. The maximum absolute atomic E-state index is 13.4. The maximum Gasteiger partial charge on any atom is 0.227 e. The van der Waals surface area contributed by atoms with E-state index in [0.29, 0.717) is 6.54 Å². The molecule has 1 aromatic rings. The summed E-state index contributed by atoms with van der Waals surface area (Å²) in [7, 11) is 3.31. The molecule has 2 unspecified atom stereocenters. The van der Waals surface area contributed by atoms with E-state index in [2.05, 4.69) is 0 Å². The van der Waals surface area contributed by atoms with Crippen LogP contribution in [-0.4, -0.2) is 55.5 Å². The van der Waals surface area contributed by atoms with Gasteiger partial charge in [-0.1, -0.05) is 0 Å². The fourth-order valence-electron chi connectivity index (χ4n) is 4.66. The van der Waals surface area contributed by atoms with E-state index in [-0.39, 0.29) is 29.7 Å². The number of nitrogens with zero attached hydrogens (tertiary/aromatic N) is 2. The van der Waals surface area contributed by atoms with Crippen LogP contribution in [0.25, 0.3) is 0 Å². The first kappa shape index (κ1) is 19.1. The Labute approximate surface area is 166 Å². The number of methoxy groups -OCH3 is 2. The number of likely N-dealkylation sites (tertiary alicyclic amines) is 2. The van der Waals surface area contributed by atoms with Crippen LogP contribution in [0.5, 0.6) is 11.5 Å². The van der Waals surface area contributed by atoms with Crippen LogP contribution in [0.1, 0.15) is 50.1 Å². The van der Waals surface area contributed by atoms with Gasteiger partial charge in [-0.2, -0.15) is 0 Å². The van der Waals surface area contributed by atoms with Gasteiger partial charge in [0, 0.05) is 31.1 Å². The van der Waals surface area contributed by atoms with Gasteiger partial charge in [0.1, 0.15) is 11.5 Å². The highest BCUT2D eigenvalue weighted by molar-refractivity contribution is 5.84. The predicted molar refractivity (Wildman–Crippen MR) is 105 cm³/mol. The highest BCUT2D eigenvalue weighted by atomic mass is 16.5. The molecule has 28 heavy (non-hydrogen) atoms. The summed E-state index contributed by atoms with van der Waals surface area (Å²) in [4.78, 5) is 29.8. The SMILES string of the molecule is COc1ccc(OC)c(C2CCCN2C(=O)C2CCCN(C(=O)C3CC3)C2)c1. The van der Waals surface area contributed by atoms with Crippen molar-refractivity contribution in [2.75, 3.05) is 33.9 Å². The molecule has 0 N–H and O–H groups in total. The molecule has 1 aliphatic carbocycles. The number of benzene rings is 1. The Hall–Kier alpha value is -2.24. The van der Waals surface area contributed by atoms with Crippen molar-refractivity contribution in [3.8, 4) is 11.5 Å². The second kappa shape index (κ2) is 8.02. The standard InChI is InChI=1S/C22H30N2O4/c1-27-17-9-10-20(28-2)18(13-17)19-6-4-12-24(19)22(26)16-5-3-11-23(14-16)21(25)15-7-8-15/h9-10,13,15-16,19H,3-8,11-12,14H2,1-2H3. The minimum atomic E-state index is -0.0892. The Balaban J connectivity index is 1.51. The van der Waals surface area contributed by atoms with Gasteiger partial charge in [-0.05, 0) is 56.7 Å². The number of carbonyl (C=O) groups excluding carboxylic acids is 2. The van der Waals surface area contributed by atoms with Crippen molar-refractivity contribution in [2.45, 2.75) is 44.6 Å². The fraction of sp³-hybridized carbons (Fsp3) is 0.636. The quantitative estimate of drug-likeness (QED) is 0.781. The number of rotatable bonds is 5. The minimum absolute atomic E-state index is 0.00654. The zero-order valence-corrected chi connectivity index (χ0v) is 16.9. The van der Waals surface area contributed by atoms with Gasteiger partial charge in [-0.15, -0.1) is 0 Å². The number of carbonyl (C=O) groups is 2. The third kappa shape index (κ3) is 3.69. The molecule has 3 fully saturated rings. The van der Waals surface area contributed by atoms with Gasteiger partial charge in [0.05, 0.1) is 26.2 Å². The summed E-state index contributed by atoms with van der Waals surface area (Å²) in [6.45, 7) is 2.13. The lowest BCUT2D eigenvalue weighted by molar-refractivity contribution is -0.142. The third-order valence-corrected chi connectivity index (χ3v) is 6.34. The molecule has 2 heterocycles. The third-order valence-electron chi connectivity index (χ3n) is 6.34. The average Bonchev–Trinajstić information content (AvgIpc) is 3.48. The summed E-state index contributed by atoms with van der Waals surface area (Å²) in [5.41, 5.74) is 1.01.